The molecule has 0 fully saturated rings. The monoisotopic (exact) mass is 594 g/mol. The van der Waals surface area contributed by atoms with Gasteiger partial charge in [-0.25, -0.2) is 0 Å². The first kappa shape index (κ1) is 31.1. The first-order valence-electron chi connectivity index (χ1n) is 14.6. The van der Waals surface area contributed by atoms with Crippen molar-refractivity contribution in [2.24, 2.45) is 0 Å². The third-order valence-electron chi connectivity index (χ3n) is 9.86. The van der Waals surface area contributed by atoms with Gasteiger partial charge in [-0.1, -0.05) is 60.7 Å². The fourth-order valence-corrected chi connectivity index (χ4v) is 7.96. The lowest BCUT2D eigenvalue weighted by molar-refractivity contribution is -0.307. The molecule has 4 aromatic carbocycles. The molecule has 0 radical (unpaired) electrons. The van der Waals surface area contributed by atoms with Gasteiger partial charge in [0, 0.05) is 35.1 Å². The summed E-state index contributed by atoms with van der Waals surface area (Å²) in [6.07, 6.45) is 1.49. The van der Waals surface area contributed by atoms with Crippen LogP contribution in [0, 0.1) is 0 Å². The molecule has 0 spiro atoms. The Morgan fingerprint density at radius 3 is 1.20 bits per heavy atom. The van der Waals surface area contributed by atoms with Gasteiger partial charge in [-0.15, -0.1) is 11.5 Å². The van der Waals surface area contributed by atoms with Crippen LogP contribution in [0.25, 0.3) is 21.5 Å². The summed E-state index contributed by atoms with van der Waals surface area (Å²) >= 11 is 0. The Bertz CT molecular complexity index is 1770. The third kappa shape index (κ3) is 4.21. The molecule has 8 heteroatoms. The van der Waals surface area contributed by atoms with Crippen LogP contribution in [0.15, 0.2) is 95.5 Å². The Hall–Kier alpha value is -4.34. The first-order chi connectivity index (χ1) is 20.0. The maximum atomic E-state index is 12.3. The van der Waals surface area contributed by atoms with Gasteiger partial charge in [-0.2, -0.15) is 0 Å². The highest BCUT2D eigenvalue weighted by Crippen LogP contribution is 2.53. The molecule has 4 aliphatic rings. The van der Waals surface area contributed by atoms with E-state index in [1.54, 1.807) is 0 Å². The van der Waals surface area contributed by atoms with Crippen LogP contribution in [0.2, 0.25) is 0 Å². The number of hydrogen-bond acceptors (Lipinski definition) is 4. The third-order valence-corrected chi connectivity index (χ3v) is 9.86. The molecule has 8 rings (SSSR count). The Kier molecular flexibility index (Phi) is 7.55. The van der Waals surface area contributed by atoms with Crippen molar-refractivity contribution in [2.45, 2.75) is 37.8 Å². The number of nitrogens with zero attached hydrogens (tertiary/aromatic N) is 2. The van der Waals surface area contributed by atoms with Crippen molar-refractivity contribution in [3.63, 3.8) is 0 Å². The Balaban J connectivity index is 0.000000167. The van der Waals surface area contributed by atoms with Crippen molar-refractivity contribution in [1.29, 1.82) is 0 Å². The van der Waals surface area contributed by atoms with Crippen LogP contribution in [0.3, 0.4) is 0 Å². The van der Waals surface area contributed by atoms with Crippen LogP contribution in [0.5, 0.6) is 0 Å². The predicted octanol–water partition coefficient (Wildman–Crippen LogP) is 3.23. The summed E-state index contributed by atoms with van der Waals surface area (Å²) in [5.41, 5.74) is 5.62. The van der Waals surface area contributed by atoms with E-state index in [2.05, 4.69) is 76.7 Å². The maximum Gasteiger partial charge on any atom is 0.164 e. The van der Waals surface area contributed by atoms with Crippen molar-refractivity contribution in [3.05, 3.63) is 107 Å². The van der Waals surface area contributed by atoms with Crippen molar-refractivity contribution >= 4 is 44.5 Å². The molecule has 2 aliphatic heterocycles. The number of hydrogen-bond donors (Lipinski definition) is 0. The molecule has 228 valence electrons. The quantitative estimate of drug-likeness (QED) is 0.328. The minimum atomic E-state index is -0.159. The van der Waals surface area contributed by atoms with E-state index in [0.29, 0.717) is 45.8 Å². The number of ketones is 2. The SMILES string of the molecule is C[N+]1(C)c2cccc3cccc(c23)[C@H]1C1=C([O-])CCC1=O.C[N+]1(C)c2cccc3cccc(c23)[C@H]1C1=C([O-])CCC1=O.O.O. The number of allylic oxidation sites excluding steroid dienone is 2. The Morgan fingerprint density at radius 2 is 0.886 bits per heavy atom. The lowest BCUT2D eigenvalue weighted by atomic mass is 9.95. The standard InChI is InChI=1S/2C18H17NO2.2H2O/c2*1-19(2)13-8-4-6-11-5-3-7-12(16(11)13)18(19)17-14(20)9-10-15(17)21;;/h2*3-8,18H,9-10H2,1-2H3;2*1H2/t2*18-;;/m00../s1. The average Bonchev–Trinajstić information content (AvgIpc) is 3.61. The molecule has 0 unspecified atom stereocenters. The van der Waals surface area contributed by atoms with E-state index in [1.165, 1.54) is 32.9 Å². The highest BCUT2D eigenvalue weighted by molar-refractivity contribution is 6.06. The van der Waals surface area contributed by atoms with E-state index in [4.69, 9.17) is 0 Å². The summed E-state index contributed by atoms with van der Waals surface area (Å²) in [5.74, 6) is 0.115. The molecule has 0 aromatic heterocycles. The van der Waals surface area contributed by atoms with Crippen LogP contribution < -0.4 is 19.2 Å². The second kappa shape index (κ2) is 10.7. The Labute approximate surface area is 256 Å². The maximum absolute atomic E-state index is 12.3. The summed E-state index contributed by atoms with van der Waals surface area (Å²) in [6, 6.07) is 24.5. The molecule has 2 aliphatic carbocycles. The molecule has 0 saturated carbocycles. The van der Waals surface area contributed by atoms with Gasteiger partial charge in [0.1, 0.15) is 23.5 Å². The van der Waals surface area contributed by atoms with Crippen LogP contribution in [-0.2, 0) is 9.59 Å². The highest BCUT2D eigenvalue weighted by atomic mass is 16.3. The number of benzene rings is 4. The number of rotatable bonds is 2. The van der Waals surface area contributed by atoms with Gasteiger partial charge in [0.25, 0.3) is 0 Å². The van der Waals surface area contributed by atoms with Gasteiger partial charge in [0.15, 0.2) is 11.6 Å². The van der Waals surface area contributed by atoms with Crippen molar-refractivity contribution < 1.29 is 30.8 Å². The molecular weight excluding hydrogens is 556 g/mol. The number of Topliss-reactive ketones (excluding diaryl/α,β-unsaturated/α-hetero) is 2. The smallest absolute Gasteiger partial charge is 0.164 e. The van der Waals surface area contributed by atoms with E-state index >= 15 is 0 Å². The molecule has 4 N–H and O–H groups in total. The van der Waals surface area contributed by atoms with Crippen LogP contribution in [-0.4, -0.2) is 50.7 Å². The topological polar surface area (TPSA) is 143 Å². The summed E-state index contributed by atoms with van der Waals surface area (Å²) in [7, 11) is 8.35. The molecule has 2 heterocycles. The summed E-state index contributed by atoms with van der Waals surface area (Å²) in [6.45, 7) is 0. The van der Waals surface area contributed by atoms with Crippen LogP contribution in [0.1, 0.15) is 48.9 Å². The fourth-order valence-electron chi connectivity index (χ4n) is 7.96. The molecule has 0 bridgehead atoms. The molecule has 4 aromatic rings. The number of carbonyl (C=O) groups excluding carboxylic acids is 2. The molecular formula is C36H38N2O6. The van der Waals surface area contributed by atoms with Gasteiger partial charge in [0.2, 0.25) is 0 Å². The molecule has 0 saturated heterocycles. The zero-order valence-corrected chi connectivity index (χ0v) is 25.4. The number of quaternary nitrogens is 2. The van der Waals surface area contributed by atoms with Crippen molar-refractivity contribution in [2.75, 3.05) is 28.2 Å². The highest BCUT2D eigenvalue weighted by Gasteiger charge is 2.47. The zero-order valence-electron chi connectivity index (χ0n) is 25.4. The predicted molar refractivity (Wildman–Crippen MR) is 170 cm³/mol. The van der Waals surface area contributed by atoms with E-state index in [1.807, 2.05) is 24.3 Å². The normalized spacial score (nSPS) is 22.3. The minimum absolute atomic E-state index is 0. The van der Waals surface area contributed by atoms with E-state index in [-0.39, 0.29) is 46.1 Å². The van der Waals surface area contributed by atoms with Crippen LogP contribution in [0.4, 0.5) is 11.4 Å². The van der Waals surface area contributed by atoms with Crippen molar-refractivity contribution in [3.8, 4) is 0 Å². The lowest BCUT2D eigenvalue weighted by Crippen LogP contribution is -2.43. The van der Waals surface area contributed by atoms with Gasteiger partial charge in [0.05, 0.1) is 39.0 Å². The van der Waals surface area contributed by atoms with Gasteiger partial charge in [-0.05, 0) is 35.7 Å². The fraction of sp³-hybridized carbons (Fsp3) is 0.278. The lowest BCUT2D eigenvalue weighted by Gasteiger charge is -2.34. The van der Waals surface area contributed by atoms with Crippen LogP contribution >= 0.6 is 0 Å². The number of likely N-dealkylation sites (N-methyl/N-ethyl adjacent to an activating group) is 2. The average molecular weight is 595 g/mol. The molecule has 8 nitrogen and oxygen atoms in total. The van der Waals surface area contributed by atoms with Gasteiger partial charge < -0.3 is 21.2 Å². The minimum Gasteiger partial charge on any atom is -0.875 e. The van der Waals surface area contributed by atoms with E-state index < -0.39 is 0 Å². The first-order valence-corrected chi connectivity index (χ1v) is 14.6. The second-order valence-electron chi connectivity index (χ2n) is 12.8. The second-order valence-corrected chi connectivity index (χ2v) is 12.8. The van der Waals surface area contributed by atoms with Gasteiger partial charge >= 0.3 is 0 Å². The molecule has 44 heavy (non-hydrogen) atoms. The molecule has 0 amide bonds. The number of carbonyl (C=O) groups is 2. The summed E-state index contributed by atoms with van der Waals surface area (Å²) in [4.78, 5) is 24.5. The molecule has 2 atom stereocenters. The van der Waals surface area contributed by atoms with E-state index in [9.17, 15) is 19.8 Å². The largest absolute Gasteiger partial charge is 0.875 e. The van der Waals surface area contributed by atoms with Gasteiger partial charge in [-0.3, -0.25) is 18.6 Å². The van der Waals surface area contributed by atoms with Crippen molar-refractivity contribution in [1.82, 2.24) is 8.97 Å². The summed E-state index contributed by atoms with van der Waals surface area (Å²) < 4.78 is 1.09. The summed E-state index contributed by atoms with van der Waals surface area (Å²) in [5, 5.41) is 29.3. The van der Waals surface area contributed by atoms with E-state index in [0.717, 1.165) is 11.1 Å². The zero-order chi connectivity index (χ0) is 29.6. The Morgan fingerprint density at radius 1 is 0.545 bits per heavy atom.